The van der Waals surface area contributed by atoms with Gasteiger partial charge in [0, 0.05) is 11.3 Å². The molecule has 1 amide bonds. The Morgan fingerprint density at radius 3 is 2.39 bits per heavy atom. The third-order valence-electron chi connectivity index (χ3n) is 6.53. The predicted octanol–water partition coefficient (Wildman–Crippen LogP) is 5.64. The molecule has 33 heavy (non-hydrogen) atoms. The number of fused-ring (bicyclic) bond motifs is 1. The molecule has 1 unspecified atom stereocenters. The van der Waals surface area contributed by atoms with Crippen LogP contribution in [0.4, 0.5) is 10.1 Å². The molecule has 1 saturated heterocycles. The van der Waals surface area contributed by atoms with Gasteiger partial charge in [-0.15, -0.1) is 0 Å². The van der Waals surface area contributed by atoms with E-state index >= 15 is 0 Å². The maximum atomic E-state index is 13.6. The zero-order valence-corrected chi connectivity index (χ0v) is 18.3. The minimum absolute atomic E-state index is 0.0469. The van der Waals surface area contributed by atoms with Gasteiger partial charge in [-0.1, -0.05) is 42.0 Å². The van der Waals surface area contributed by atoms with Crippen LogP contribution in [0.2, 0.25) is 0 Å². The molecule has 1 fully saturated rings. The lowest BCUT2D eigenvalue weighted by Gasteiger charge is -2.26. The molecule has 0 bridgehead atoms. The number of Topliss-reactive ketones (excluding diaryl/α,β-unsaturated/α-hetero) is 1. The first-order valence-electron chi connectivity index (χ1n) is 11.2. The van der Waals surface area contributed by atoms with Crippen LogP contribution >= 0.6 is 0 Å². The summed E-state index contributed by atoms with van der Waals surface area (Å²) >= 11 is 0. The molecule has 1 aliphatic carbocycles. The molecule has 1 heterocycles. The first-order chi connectivity index (χ1) is 15.9. The van der Waals surface area contributed by atoms with Crippen LogP contribution in [-0.2, 0) is 22.4 Å². The average molecular weight is 442 g/mol. The van der Waals surface area contributed by atoms with Crippen LogP contribution in [0.1, 0.15) is 46.7 Å². The quantitative estimate of drug-likeness (QED) is 0.325. The van der Waals surface area contributed by atoms with E-state index < -0.39 is 23.5 Å². The fraction of sp³-hybridized carbons (Fsp3) is 0.214. The lowest BCUT2D eigenvalue weighted by molar-refractivity contribution is -0.132. The molecule has 166 valence electrons. The third kappa shape index (κ3) is 3.74. The summed E-state index contributed by atoms with van der Waals surface area (Å²) in [6.45, 7) is 1.93. The van der Waals surface area contributed by atoms with E-state index in [0.29, 0.717) is 16.8 Å². The van der Waals surface area contributed by atoms with Crippen LogP contribution in [0, 0.1) is 12.7 Å². The zero-order chi connectivity index (χ0) is 23.1. The normalized spacial score (nSPS) is 19.6. The SMILES string of the molecule is Cc1cccc(C2/C(=C(/O)c3ccc4c(c3)CCCC4)C(=O)C(=O)N2c2ccc(F)cc2)c1. The summed E-state index contributed by atoms with van der Waals surface area (Å²) in [5, 5.41) is 11.3. The molecule has 0 spiro atoms. The van der Waals surface area contributed by atoms with Gasteiger partial charge in [-0.3, -0.25) is 14.5 Å². The summed E-state index contributed by atoms with van der Waals surface area (Å²) in [5.41, 5.74) is 5.08. The second-order valence-corrected chi connectivity index (χ2v) is 8.75. The number of carbonyl (C=O) groups excluding carboxylic acids is 2. The Labute approximate surface area is 192 Å². The molecule has 1 N–H and O–H groups in total. The second-order valence-electron chi connectivity index (χ2n) is 8.75. The molecular formula is C28H24FNO3. The topological polar surface area (TPSA) is 57.6 Å². The molecule has 1 atom stereocenters. The highest BCUT2D eigenvalue weighted by atomic mass is 19.1. The monoisotopic (exact) mass is 441 g/mol. The Balaban J connectivity index is 1.70. The van der Waals surface area contributed by atoms with E-state index in [-0.39, 0.29) is 11.3 Å². The standard InChI is InChI=1S/C28H24FNO3/c1-17-5-4-8-20(15-17)25-24(26(31)21-10-9-18-6-2-3-7-19(18)16-21)27(32)28(33)30(25)23-13-11-22(29)12-14-23/h4-5,8-16,25,31H,2-3,6-7H2,1H3/b26-24-. The van der Waals surface area contributed by atoms with E-state index in [9.17, 15) is 19.1 Å². The second kappa shape index (κ2) is 8.32. The van der Waals surface area contributed by atoms with E-state index in [0.717, 1.165) is 31.2 Å². The van der Waals surface area contributed by atoms with Crippen molar-refractivity contribution in [2.24, 2.45) is 0 Å². The van der Waals surface area contributed by atoms with Crippen LogP contribution < -0.4 is 4.90 Å². The van der Waals surface area contributed by atoms with Gasteiger partial charge < -0.3 is 5.11 Å². The lowest BCUT2D eigenvalue weighted by atomic mass is 9.88. The lowest BCUT2D eigenvalue weighted by Crippen LogP contribution is -2.29. The van der Waals surface area contributed by atoms with Crippen LogP contribution in [0.3, 0.4) is 0 Å². The average Bonchev–Trinajstić information content (AvgIpc) is 3.09. The van der Waals surface area contributed by atoms with E-state index in [2.05, 4.69) is 0 Å². The molecular weight excluding hydrogens is 417 g/mol. The van der Waals surface area contributed by atoms with Gasteiger partial charge in [-0.2, -0.15) is 0 Å². The van der Waals surface area contributed by atoms with E-state index in [1.165, 1.54) is 40.3 Å². The largest absolute Gasteiger partial charge is 0.507 e. The fourth-order valence-corrected chi connectivity index (χ4v) is 4.89. The third-order valence-corrected chi connectivity index (χ3v) is 6.53. The zero-order valence-electron chi connectivity index (χ0n) is 18.3. The Hall–Kier alpha value is -3.73. The molecule has 3 aromatic carbocycles. The summed E-state index contributed by atoms with van der Waals surface area (Å²) in [5.74, 6) is -2.11. The summed E-state index contributed by atoms with van der Waals surface area (Å²) in [6.07, 6.45) is 4.18. The number of aliphatic hydroxyl groups excluding tert-OH is 1. The van der Waals surface area contributed by atoms with Gasteiger partial charge >= 0.3 is 0 Å². The predicted molar refractivity (Wildman–Crippen MR) is 125 cm³/mol. The minimum Gasteiger partial charge on any atom is -0.507 e. The highest BCUT2D eigenvalue weighted by Gasteiger charge is 2.47. The Kier molecular flexibility index (Phi) is 5.33. The van der Waals surface area contributed by atoms with Crippen molar-refractivity contribution in [1.82, 2.24) is 0 Å². The number of aryl methyl sites for hydroxylation is 3. The number of amides is 1. The molecule has 4 nitrogen and oxygen atoms in total. The van der Waals surface area contributed by atoms with Gasteiger partial charge in [0.1, 0.15) is 11.6 Å². The molecule has 2 aliphatic rings. The van der Waals surface area contributed by atoms with Gasteiger partial charge in [-0.05, 0) is 79.6 Å². The van der Waals surface area contributed by atoms with Crippen molar-refractivity contribution >= 4 is 23.1 Å². The number of halogens is 1. The molecule has 0 aromatic heterocycles. The van der Waals surface area contributed by atoms with E-state index in [1.807, 2.05) is 49.4 Å². The van der Waals surface area contributed by atoms with Crippen LogP contribution in [-0.4, -0.2) is 16.8 Å². The highest BCUT2D eigenvalue weighted by Crippen LogP contribution is 2.42. The van der Waals surface area contributed by atoms with Crippen molar-refractivity contribution in [3.8, 4) is 0 Å². The first-order valence-corrected chi connectivity index (χ1v) is 11.2. The summed E-state index contributed by atoms with van der Waals surface area (Å²) in [6, 6.07) is 17.9. The number of hydrogen-bond acceptors (Lipinski definition) is 3. The smallest absolute Gasteiger partial charge is 0.300 e. The highest BCUT2D eigenvalue weighted by molar-refractivity contribution is 6.51. The Morgan fingerprint density at radius 1 is 0.939 bits per heavy atom. The number of nitrogens with zero attached hydrogens (tertiary/aromatic N) is 1. The Bertz CT molecular complexity index is 1290. The van der Waals surface area contributed by atoms with Crippen molar-refractivity contribution in [1.29, 1.82) is 0 Å². The van der Waals surface area contributed by atoms with Gasteiger partial charge in [0.25, 0.3) is 11.7 Å². The molecule has 0 saturated carbocycles. The maximum Gasteiger partial charge on any atom is 0.300 e. The van der Waals surface area contributed by atoms with Crippen molar-refractivity contribution in [2.75, 3.05) is 4.90 Å². The van der Waals surface area contributed by atoms with Crippen molar-refractivity contribution < 1.29 is 19.1 Å². The maximum absolute atomic E-state index is 13.6. The van der Waals surface area contributed by atoms with Crippen molar-refractivity contribution in [2.45, 2.75) is 38.6 Å². The van der Waals surface area contributed by atoms with Gasteiger partial charge in [0.2, 0.25) is 0 Å². The van der Waals surface area contributed by atoms with Crippen LogP contribution in [0.25, 0.3) is 5.76 Å². The van der Waals surface area contributed by atoms with Crippen molar-refractivity contribution in [3.05, 3.63) is 106 Å². The number of benzene rings is 3. The van der Waals surface area contributed by atoms with Gasteiger partial charge in [0.15, 0.2) is 0 Å². The Morgan fingerprint density at radius 2 is 1.67 bits per heavy atom. The number of anilines is 1. The summed E-state index contributed by atoms with van der Waals surface area (Å²) in [7, 11) is 0. The number of hydrogen-bond donors (Lipinski definition) is 1. The van der Waals surface area contributed by atoms with Crippen molar-refractivity contribution in [3.63, 3.8) is 0 Å². The number of rotatable bonds is 3. The molecule has 5 rings (SSSR count). The van der Waals surface area contributed by atoms with E-state index in [4.69, 9.17) is 0 Å². The summed E-state index contributed by atoms with van der Waals surface area (Å²) in [4.78, 5) is 27.8. The molecule has 3 aromatic rings. The molecule has 5 heteroatoms. The van der Waals surface area contributed by atoms with Gasteiger partial charge in [0.05, 0.1) is 11.6 Å². The first kappa shape index (κ1) is 21.1. The van der Waals surface area contributed by atoms with Crippen LogP contribution in [0.5, 0.6) is 0 Å². The number of carbonyl (C=O) groups is 2. The fourth-order valence-electron chi connectivity index (χ4n) is 4.89. The van der Waals surface area contributed by atoms with E-state index in [1.54, 1.807) is 0 Å². The molecule has 1 aliphatic heterocycles. The molecule has 0 radical (unpaired) electrons. The number of ketones is 1. The summed E-state index contributed by atoms with van der Waals surface area (Å²) < 4.78 is 13.6. The minimum atomic E-state index is -0.814. The van der Waals surface area contributed by atoms with Gasteiger partial charge in [-0.25, -0.2) is 4.39 Å². The van der Waals surface area contributed by atoms with Crippen LogP contribution in [0.15, 0.2) is 72.3 Å². The number of aliphatic hydroxyl groups is 1.